The first-order valence-corrected chi connectivity index (χ1v) is 8.78. The molecule has 1 aliphatic carbocycles. The Hall–Kier alpha value is -2.66. The molecule has 3 rings (SSSR count). The van der Waals surface area contributed by atoms with E-state index >= 15 is 0 Å². The second-order valence-electron chi connectivity index (χ2n) is 6.80. The summed E-state index contributed by atoms with van der Waals surface area (Å²) in [5, 5.41) is 5.46. The zero-order valence-electron chi connectivity index (χ0n) is 15.1. The summed E-state index contributed by atoms with van der Waals surface area (Å²) in [6.45, 7) is 2.15. The van der Waals surface area contributed by atoms with Crippen molar-refractivity contribution in [2.45, 2.75) is 31.4 Å². The number of benzene rings is 2. The third-order valence-electron chi connectivity index (χ3n) is 5.00. The average Bonchev–Trinajstić information content (AvgIpc) is 3.06. The number of ether oxygens (including phenoxy) is 1. The molecule has 0 aromatic heterocycles. The van der Waals surface area contributed by atoms with E-state index in [4.69, 9.17) is 4.74 Å². The maximum Gasteiger partial charge on any atom is 0.309 e. The fourth-order valence-electron chi connectivity index (χ4n) is 3.41. The maximum absolute atomic E-state index is 12.2. The molecule has 5 heteroatoms. The van der Waals surface area contributed by atoms with Gasteiger partial charge in [-0.25, -0.2) is 0 Å². The van der Waals surface area contributed by atoms with Gasteiger partial charge in [0.05, 0.1) is 11.6 Å². The van der Waals surface area contributed by atoms with Gasteiger partial charge in [0.1, 0.15) is 0 Å². The Morgan fingerprint density at radius 1 is 1.00 bits per heavy atom. The molecule has 0 spiro atoms. The molecule has 1 unspecified atom stereocenters. The molecule has 136 valence electrons. The van der Waals surface area contributed by atoms with Gasteiger partial charge in [-0.2, -0.15) is 0 Å². The van der Waals surface area contributed by atoms with E-state index in [9.17, 15) is 9.59 Å². The normalized spacial score (nSPS) is 15.8. The van der Waals surface area contributed by atoms with Crippen molar-refractivity contribution in [1.82, 2.24) is 10.6 Å². The van der Waals surface area contributed by atoms with Crippen LogP contribution in [-0.4, -0.2) is 31.1 Å². The van der Waals surface area contributed by atoms with Crippen LogP contribution in [0.5, 0.6) is 0 Å². The molecular formula is C21H24N2O3. The summed E-state index contributed by atoms with van der Waals surface area (Å²) < 4.78 is 5.72. The molecule has 2 aromatic rings. The minimum atomic E-state index is -0.639. The smallest absolute Gasteiger partial charge is 0.309 e. The standard InChI is InChI=1S/C21H24N2O3/c1-15(16-8-4-3-5-9-16)23-20(25)19(24)22-14-21(26-2)12-17-10-6-7-11-18(17)13-21/h3-11,15H,12-14H2,1-2H3,(H,22,24)(H,23,25). The molecule has 0 saturated heterocycles. The predicted molar refractivity (Wildman–Crippen MR) is 99.6 cm³/mol. The summed E-state index contributed by atoms with van der Waals surface area (Å²) >= 11 is 0. The number of hydrogen-bond acceptors (Lipinski definition) is 3. The molecule has 2 amide bonds. The molecule has 1 aliphatic rings. The molecule has 5 nitrogen and oxygen atoms in total. The summed E-state index contributed by atoms with van der Waals surface area (Å²) in [5.74, 6) is -1.27. The van der Waals surface area contributed by atoms with E-state index in [0.29, 0.717) is 6.54 Å². The Morgan fingerprint density at radius 3 is 2.15 bits per heavy atom. The molecular weight excluding hydrogens is 328 g/mol. The number of amides is 2. The zero-order chi connectivity index (χ0) is 18.6. The molecule has 0 bridgehead atoms. The lowest BCUT2D eigenvalue weighted by Gasteiger charge is -2.27. The molecule has 0 saturated carbocycles. The van der Waals surface area contributed by atoms with Crippen molar-refractivity contribution in [2.24, 2.45) is 0 Å². The van der Waals surface area contributed by atoms with Gasteiger partial charge in [-0.05, 0) is 23.6 Å². The number of hydrogen-bond donors (Lipinski definition) is 2. The van der Waals surface area contributed by atoms with Crippen molar-refractivity contribution in [3.63, 3.8) is 0 Å². The first-order valence-electron chi connectivity index (χ1n) is 8.78. The lowest BCUT2D eigenvalue weighted by atomic mass is 10.00. The number of nitrogens with one attached hydrogen (secondary N) is 2. The van der Waals surface area contributed by atoms with Crippen LogP contribution in [0.4, 0.5) is 0 Å². The van der Waals surface area contributed by atoms with Crippen LogP contribution < -0.4 is 10.6 Å². The Bertz CT molecular complexity index is 764. The van der Waals surface area contributed by atoms with Crippen LogP contribution in [0, 0.1) is 0 Å². The van der Waals surface area contributed by atoms with Crippen LogP contribution >= 0.6 is 0 Å². The van der Waals surface area contributed by atoms with E-state index < -0.39 is 17.4 Å². The third kappa shape index (κ3) is 3.94. The van der Waals surface area contributed by atoms with E-state index in [2.05, 4.69) is 22.8 Å². The van der Waals surface area contributed by atoms with Crippen LogP contribution in [0.2, 0.25) is 0 Å². The number of fused-ring (bicyclic) bond motifs is 1. The molecule has 1 atom stereocenters. The molecule has 2 N–H and O–H groups in total. The van der Waals surface area contributed by atoms with Crippen LogP contribution in [0.3, 0.4) is 0 Å². The predicted octanol–water partition coefficient (Wildman–Crippen LogP) is 2.16. The third-order valence-corrected chi connectivity index (χ3v) is 5.00. The second-order valence-corrected chi connectivity index (χ2v) is 6.80. The maximum atomic E-state index is 12.2. The van der Waals surface area contributed by atoms with E-state index in [1.807, 2.05) is 49.4 Å². The Labute approximate surface area is 153 Å². The fourth-order valence-corrected chi connectivity index (χ4v) is 3.41. The molecule has 0 aliphatic heterocycles. The molecule has 0 radical (unpaired) electrons. The largest absolute Gasteiger partial charge is 0.376 e. The highest BCUT2D eigenvalue weighted by atomic mass is 16.5. The molecule has 0 heterocycles. The van der Waals surface area contributed by atoms with Gasteiger partial charge in [0.2, 0.25) is 0 Å². The lowest BCUT2D eigenvalue weighted by Crippen LogP contribution is -2.49. The monoisotopic (exact) mass is 352 g/mol. The number of carbonyl (C=O) groups excluding carboxylic acids is 2. The fraction of sp³-hybridized carbons (Fsp3) is 0.333. The van der Waals surface area contributed by atoms with Crippen LogP contribution in [0.15, 0.2) is 54.6 Å². The first-order chi connectivity index (χ1) is 12.5. The van der Waals surface area contributed by atoms with Gasteiger partial charge in [-0.3, -0.25) is 9.59 Å². The van der Waals surface area contributed by atoms with Crippen LogP contribution in [0.25, 0.3) is 0 Å². The summed E-state index contributed by atoms with van der Waals surface area (Å²) in [6, 6.07) is 17.5. The van der Waals surface area contributed by atoms with Gasteiger partial charge >= 0.3 is 11.8 Å². The van der Waals surface area contributed by atoms with Gasteiger partial charge in [-0.1, -0.05) is 54.6 Å². The van der Waals surface area contributed by atoms with E-state index in [1.165, 1.54) is 11.1 Å². The summed E-state index contributed by atoms with van der Waals surface area (Å²) in [5.41, 5.74) is 2.91. The zero-order valence-corrected chi connectivity index (χ0v) is 15.1. The van der Waals surface area contributed by atoms with Gasteiger partial charge in [0.25, 0.3) is 0 Å². The van der Waals surface area contributed by atoms with Crippen molar-refractivity contribution < 1.29 is 14.3 Å². The highest BCUT2D eigenvalue weighted by Gasteiger charge is 2.38. The summed E-state index contributed by atoms with van der Waals surface area (Å²) in [7, 11) is 1.65. The van der Waals surface area contributed by atoms with Crippen molar-refractivity contribution in [1.29, 1.82) is 0 Å². The van der Waals surface area contributed by atoms with E-state index in [-0.39, 0.29) is 6.04 Å². The Balaban J connectivity index is 1.55. The quantitative estimate of drug-likeness (QED) is 0.811. The first kappa shape index (κ1) is 18.1. The summed E-state index contributed by atoms with van der Waals surface area (Å²) in [6.07, 6.45) is 1.45. The molecule has 26 heavy (non-hydrogen) atoms. The SMILES string of the molecule is COC1(CNC(=O)C(=O)NC(C)c2ccccc2)Cc2ccccc2C1. The molecule has 2 aromatic carbocycles. The van der Waals surface area contributed by atoms with Crippen molar-refractivity contribution in [3.05, 3.63) is 71.3 Å². The van der Waals surface area contributed by atoms with E-state index in [1.54, 1.807) is 7.11 Å². The lowest BCUT2D eigenvalue weighted by molar-refractivity contribution is -0.140. The number of carbonyl (C=O) groups is 2. The minimum absolute atomic E-state index is 0.235. The highest BCUT2D eigenvalue weighted by molar-refractivity contribution is 6.35. The average molecular weight is 352 g/mol. The second kappa shape index (κ2) is 7.70. The van der Waals surface area contributed by atoms with Gasteiger partial charge in [0, 0.05) is 26.5 Å². The van der Waals surface area contributed by atoms with Crippen molar-refractivity contribution in [3.8, 4) is 0 Å². The van der Waals surface area contributed by atoms with Gasteiger partial charge in [0.15, 0.2) is 0 Å². The topological polar surface area (TPSA) is 67.4 Å². The Morgan fingerprint density at radius 2 is 1.58 bits per heavy atom. The van der Waals surface area contributed by atoms with E-state index in [0.717, 1.165) is 18.4 Å². The van der Waals surface area contributed by atoms with Crippen LogP contribution in [0.1, 0.15) is 29.7 Å². The number of methoxy groups -OCH3 is 1. The number of rotatable bonds is 5. The minimum Gasteiger partial charge on any atom is -0.376 e. The van der Waals surface area contributed by atoms with Gasteiger partial charge in [-0.15, -0.1) is 0 Å². The van der Waals surface area contributed by atoms with Crippen LogP contribution in [-0.2, 0) is 27.2 Å². The molecule has 0 fully saturated rings. The van der Waals surface area contributed by atoms with Crippen molar-refractivity contribution in [2.75, 3.05) is 13.7 Å². The van der Waals surface area contributed by atoms with Crippen molar-refractivity contribution >= 4 is 11.8 Å². The summed E-state index contributed by atoms with van der Waals surface area (Å²) in [4.78, 5) is 24.4. The Kier molecular flexibility index (Phi) is 5.38. The van der Waals surface area contributed by atoms with Gasteiger partial charge < -0.3 is 15.4 Å². The highest BCUT2D eigenvalue weighted by Crippen LogP contribution is 2.32.